The molecular weight excluding hydrogens is 206 g/mol. The summed E-state index contributed by atoms with van der Waals surface area (Å²) in [6.07, 6.45) is 1.99. The molecule has 5 heteroatoms. The number of oxazole rings is 1. The molecule has 1 aliphatic rings. The number of amides is 1. The molecule has 0 radical (unpaired) electrons. The van der Waals surface area contributed by atoms with E-state index in [9.17, 15) is 4.79 Å². The van der Waals surface area contributed by atoms with Crippen molar-refractivity contribution in [2.75, 3.05) is 13.1 Å². The van der Waals surface area contributed by atoms with E-state index in [0.717, 1.165) is 19.4 Å². The quantitative estimate of drug-likeness (QED) is 0.807. The highest BCUT2D eigenvalue weighted by atomic mass is 16.4. The van der Waals surface area contributed by atoms with Crippen LogP contribution in [0.3, 0.4) is 0 Å². The van der Waals surface area contributed by atoms with E-state index in [-0.39, 0.29) is 11.9 Å². The lowest BCUT2D eigenvalue weighted by molar-refractivity contribution is 0.0706. The van der Waals surface area contributed by atoms with Crippen LogP contribution in [-0.2, 0) is 0 Å². The molecule has 0 aliphatic carbocycles. The first kappa shape index (κ1) is 11.1. The van der Waals surface area contributed by atoms with Crippen LogP contribution in [0.5, 0.6) is 0 Å². The summed E-state index contributed by atoms with van der Waals surface area (Å²) >= 11 is 0. The summed E-state index contributed by atoms with van der Waals surface area (Å²) in [6.45, 7) is 4.81. The lowest BCUT2D eigenvalue weighted by Gasteiger charge is -2.22. The first-order chi connectivity index (χ1) is 7.63. The monoisotopic (exact) mass is 223 g/mol. The molecule has 0 bridgehead atoms. The van der Waals surface area contributed by atoms with Gasteiger partial charge < -0.3 is 15.1 Å². The second-order valence-electron chi connectivity index (χ2n) is 4.18. The summed E-state index contributed by atoms with van der Waals surface area (Å²) in [4.78, 5) is 18.1. The van der Waals surface area contributed by atoms with Gasteiger partial charge in [0.1, 0.15) is 0 Å². The van der Waals surface area contributed by atoms with Crippen LogP contribution in [0.15, 0.2) is 4.42 Å². The van der Waals surface area contributed by atoms with Gasteiger partial charge in [0.2, 0.25) is 5.76 Å². The highest BCUT2D eigenvalue weighted by Crippen LogP contribution is 2.21. The Balaban J connectivity index is 2.21. The van der Waals surface area contributed by atoms with Gasteiger partial charge in [0.15, 0.2) is 5.89 Å². The number of hydrogen-bond acceptors (Lipinski definition) is 4. The van der Waals surface area contributed by atoms with Gasteiger partial charge in [0.05, 0.1) is 5.69 Å². The second kappa shape index (κ2) is 4.25. The van der Waals surface area contributed by atoms with Crippen molar-refractivity contribution in [3.63, 3.8) is 0 Å². The molecule has 2 N–H and O–H groups in total. The Labute approximate surface area is 94.6 Å². The number of carbonyl (C=O) groups is 1. The Hall–Kier alpha value is -1.36. The molecule has 88 valence electrons. The standard InChI is InChI=1S/C11H17N3O2/c1-7-10(16-8(2)13-7)11(15)14-5-3-4-9(14)6-12/h9H,3-6,12H2,1-2H3. The Bertz CT molecular complexity index is 400. The van der Waals surface area contributed by atoms with Gasteiger partial charge in [0, 0.05) is 26.1 Å². The number of rotatable bonds is 2. The SMILES string of the molecule is Cc1nc(C)c(C(=O)N2CCCC2CN)o1. The summed E-state index contributed by atoms with van der Waals surface area (Å²) in [5, 5.41) is 0. The van der Waals surface area contributed by atoms with Crippen LogP contribution < -0.4 is 5.73 Å². The van der Waals surface area contributed by atoms with Gasteiger partial charge in [-0.1, -0.05) is 0 Å². The number of carbonyl (C=O) groups excluding carboxylic acids is 1. The largest absolute Gasteiger partial charge is 0.436 e. The average Bonchev–Trinajstić information content (AvgIpc) is 2.83. The zero-order chi connectivity index (χ0) is 11.7. The van der Waals surface area contributed by atoms with Crippen LogP contribution >= 0.6 is 0 Å². The van der Waals surface area contributed by atoms with Gasteiger partial charge in [-0.3, -0.25) is 4.79 Å². The number of nitrogens with two attached hydrogens (primary N) is 1. The van der Waals surface area contributed by atoms with E-state index in [1.165, 1.54) is 0 Å². The van der Waals surface area contributed by atoms with Crippen molar-refractivity contribution >= 4 is 5.91 Å². The number of aromatic nitrogens is 1. The van der Waals surface area contributed by atoms with Gasteiger partial charge in [-0.25, -0.2) is 4.98 Å². The van der Waals surface area contributed by atoms with Crippen molar-refractivity contribution < 1.29 is 9.21 Å². The third kappa shape index (κ3) is 1.82. The van der Waals surface area contributed by atoms with Gasteiger partial charge >= 0.3 is 0 Å². The third-order valence-electron chi connectivity index (χ3n) is 3.01. The van der Waals surface area contributed by atoms with Crippen LogP contribution in [0.4, 0.5) is 0 Å². The fraction of sp³-hybridized carbons (Fsp3) is 0.636. The van der Waals surface area contributed by atoms with Gasteiger partial charge in [-0.2, -0.15) is 0 Å². The molecule has 16 heavy (non-hydrogen) atoms. The molecule has 1 fully saturated rings. The van der Waals surface area contributed by atoms with Crippen molar-refractivity contribution in [2.24, 2.45) is 5.73 Å². The van der Waals surface area contributed by atoms with E-state index in [2.05, 4.69) is 4.98 Å². The van der Waals surface area contributed by atoms with Crippen LogP contribution in [0.1, 0.15) is 35.0 Å². The minimum Gasteiger partial charge on any atom is -0.436 e. The second-order valence-corrected chi connectivity index (χ2v) is 4.18. The number of aryl methyl sites for hydroxylation is 2. The minimum atomic E-state index is -0.0777. The molecule has 0 aromatic carbocycles. The smallest absolute Gasteiger partial charge is 0.291 e. The summed E-state index contributed by atoms with van der Waals surface area (Å²) in [6, 6.07) is 0.150. The van der Waals surface area contributed by atoms with E-state index in [4.69, 9.17) is 10.2 Å². The molecule has 1 saturated heterocycles. The maximum Gasteiger partial charge on any atom is 0.291 e. The molecule has 1 atom stereocenters. The van der Waals surface area contributed by atoms with Crippen molar-refractivity contribution in [3.8, 4) is 0 Å². The summed E-state index contributed by atoms with van der Waals surface area (Å²) in [5.74, 6) is 0.813. The topological polar surface area (TPSA) is 72.4 Å². The van der Waals surface area contributed by atoms with Gasteiger partial charge in [0.25, 0.3) is 5.91 Å². The number of likely N-dealkylation sites (tertiary alicyclic amines) is 1. The van der Waals surface area contributed by atoms with Crippen molar-refractivity contribution in [2.45, 2.75) is 32.7 Å². The van der Waals surface area contributed by atoms with Crippen molar-refractivity contribution in [1.82, 2.24) is 9.88 Å². The average molecular weight is 223 g/mol. The molecule has 2 heterocycles. The van der Waals surface area contributed by atoms with Crippen LogP contribution in [-0.4, -0.2) is 34.9 Å². The Kier molecular flexibility index (Phi) is 2.96. The molecule has 5 nitrogen and oxygen atoms in total. The first-order valence-corrected chi connectivity index (χ1v) is 5.58. The first-order valence-electron chi connectivity index (χ1n) is 5.58. The Morgan fingerprint density at radius 3 is 2.94 bits per heavy atom. The van der Waals surface area contributed by atoms with Crippen molar-refractivity contribution in [3.05, 3.63) is 17.3 Å². The van der Waals surface area contributed by atoms with Crippen LogP contribution in [0, 0.1) is 13.8 Å². The highest BCUT2D eigenvalue weighted by molar-refractivity contribution is 5.92. The molecule has 1 unspecified atom stereocenters. The van der Waals surface area contributed by atoms with E-state index in [0.29, 0.717) is 23.9 Å². The summed E-state index contributed by atoms with van der Waals surface area (Å²) in [7, 11) is 0. The van der Waals surface area contributed by atoms with Crippen molar-refractivity contribution in [1.29, 1.82) is 0 Å². The lowest BCUT2D eigenvalue weighted by Crippen LogP contribution is -2.40. The molecule has 0 spiro atoms. The number of hydrogen-bond donors (Lipinski definition) is 1. The van der Waals surface area contributed by atoms with E-state index in [1.807, 2.05) is 0 Å². The maximum atomic E-state index is 12.2. The highest BCUT2D eigenvalue weighted by Gasteiger charge is 2.31. The fourth-order valence-corrected chi connectivity index (χ4v) is 2.21. The molecule has 1 aromatic rings. The lowest BCUT2D eigenvalue weighted by atomic mass is 10.2. The summed E-state index contributed by atoms with van der Waals surface area (Å²) < 4.78 is 5.34. The van der Waals surface area contributed by atoms with Gasteiger partial charge in [-0.15, -0.1) is 0 Å². The van der Waals surface area contributed by atoms with Crippen LogP contribution in [0.25, 0.3) is 0 Å². The predicted octanol–water partition coefficient (Wildman–Crippen LogP) is 0.855. The normalized spacial score (nSPS) is 20.4. The zero-order valence-corrected chi connectivity index (χ0v) is 9.69. The predicted molar refractivity (Wildman–Crippen MR) is 59.1 cm³/mol. The molecule has 1 amide bonds. The molecule has 1 aromatic heterocycles. The Morgan fingerprint density at radius 1 is 1.62 bits per heavy atom. The molecular formula is C11H17N3O2. The maximum absolute atomic E-state index is 12.2. The fourth-order valence-electron chi connectivity index (χ4n) is 2.21. The van der Waals surface area contributed by atoms with E-state index >= 15 is 0 Å². The van der Waals surface area contributed by atoms with Crippen LogP contribution in [0.2, 0.25) is 0 Å². The summed E-state index contributed by atoms with van der Waals surface area (Å²) in [5.41, 5.74) is 6.30. The van der Waals surface area contributed by atoms with Gasteiger partial charge in [-0.05, 0) is 19.8 Å². The molecule has 1 aliphatic heterocycles. The third-order valence-corrected chi connectivity index (χ3v) is 3.01. The Morgan fingerprint density at radius 2 is 2.38 bits per heavy atom. The van der Waals surface area contributed by atoms with E-state index < -0.39 is 0 Å². The zero-order valence-electron chi connectivity index (χ0n) is 9.69. The minimum absolute atomic E-state index is 0.0777. The number of nitrogens with zero attached hydrogens (tertiary/aromatic N) is 2. The van der Waals surface area contributed by atoms with E-state index in [1.54, 1.807) is 18.7 Å². The molecule has 2 rings (SSSR count). The molecule has 0 saturated carbocycles.